The Hall–Kier alpha value is -1.86. The highest BCUT2D eigenvalue weighted by Crippen LogP contribution is 2.26. The van der Waals surface area contributed by atoms with E-state index in [1.54, 1.807) is 26.1 Å². The van der Waals surface area contributed by atoms with Crippen molar-refractivity contribution in [1.82, 2.24) is 10.3 Å². The number of rotatable bonds is 4. The number of carbonyl (C=O) groups is 1. The van der Waals surface area contributed by atoms with E-state index in [0.717, 1.165) is 10.6 Å². The quantitative estimate of drug-likeness (QED) is 0.810. The maximum absolute atomic E-state index is 11.8. The minimum absolute atomic E-state index is 0.0724. The number of aliphatic hydroxyl groups is 1. The minimum atomic E-state index is -1.20. The lowest BCUT2D eigenvalue weighted by Crippen LogP contribution is -2.40. The van der Waals surface area contributed by atoms with E-state index < -0.39 is 11.6 Å². The molecule has 0 bridgehead atoms. The zero-order valence-corrected chi connectivity index (χ0v) is 13.3. The van der Waals surface area contributed by atoms with Crippen molar-refractivity contribution in [1.29, 1.82) is 0 Å². The van der Waals surface area contributed by atoms with E-state index >= 15 is 0 Å². The predicted octanol–water partition coefficient (Wildman–Crippen LogP) is 2.69. The van der Waals surface area contributed by atoms with Crippen LogP contribution in [0.4, 0.5) is 9.93 Å². The SMILES string of the molecule is Cc1cc(C(C)(O)CNC(=O)Nc2ncc(C)s2)c(C)o1. The molecule has 2 amide bonds. The predicted molar refractivity (Wildman–Crippen MR) is 81.6 cm³/mol. The smallest absolute Gasteiger partial charge is 0.321 e. The third kappa shape index (κ3) is 3.83. The van der Waals surface area contributed by atoms with Crippen molar-refractivity contribution in [3.8, 4) is 0 Å². The molecule has 0 fully saturated rings. The van der Waals surface area contributed by atoms with Gasteiger partial charge in [-0.1, -0.05) is 0 Å². The fraction of sp³-hybridized carbons (Fsp3) is 0.429. The molecule has 7 heteroatoms. The van der Waals surface area contributed by atoms with Gasteiger partial charge in [-0.05, 0) is 33.8 Å². The molecule has 2 aromatic rings. The van der Waals surface area contributed by atoms with Crippen molar-refractivity contribution in [3.05, 3.63) is 34.2 Å². The van der Waals surface area contributed by atoms with Gasteiger partial charge < -0.3 is 14.8 Å². The first-order valence-electron chi connectivity index (χ1n) is 6.55. The fourth-order valence-corrected chi connectivity index (χ4v) is 2.73. The number of furan rings is 1. The van der Waals surface area contributed by atoms with Gasteiger partial charge in [-0.2, -0.15) is 0 Å². The zero-order chi connectivity index (χ0) is 15.6. The number of aromatic nitrogens is 1. The third-order valence-electron chi connectivity index (χ3n) is 3.06. The monoisotopic (exact) mass is 309 g/mol. The molecule has 0 radical (unpaired) electrons. The Bertz CT molecular complexity index is 646. The molecule has 1 atom stereocenters. The Balaban J connectivity index is 1.95. The van der Waals surface area contributed by atoms with Crippen LogP contribution in [0.2, 0.25) is 0 Å². The van der Waals surface area contributed by atoms with Gasteiger partial charge in [-0.15, -0.1) is 11.3 Å². The molecular formula is C14H19N3O3S. The summed E-state index contributed by atoms with van der Waals surface area (Å²) in [4.78, 5) is 16.9. The van der Waals surface area contributed by atoms with E-state index in [4.69, 9.17) is 4.42 Å². The van der Waals surface area contributed by atoms with Crippen LogP contribution >= 0.6 is 11.3 Å². The molecule has 0 aliphatic carbocycles. The fourth-order valence-electron chi connectivity index (χ4n) is 2.07. The van der Waals surface area contributed by atoms with Crippen LogP contribution in [0, 0.1) is 20.8 Å². The lowest BCUT2D eigenvalue weighted by molar-refractivity contribution is 0.0584. The lowest BCUT2D eigenvalue weighted by Gasteiger charge is -2.23. The van der Waals surface area contributed by atoms with Gasteiger partial charge in [0.05, 0.1) is 6.54 Å². The van der Waals surface area contributed by atoms with Gasteiger partial charge in [-0.25, -0.2) is 9.78 Å². The lowest BCUT2D eigenvalue weighted by atomic mass is 9.96. The van der Waals surface area contributed by atoms with Crippen molar-refractivity contribution >= 4 is 22.5 Å². The maximum atomic E-state index is 11.8. The summed E-state index contributed by atoms with van der Waals surface area (Å²) in [5, 5.41) is 16.3. The third-order valence-corrected chi connectivity index (χ3v) is 3.88. The number of urea groups is 1. The normalized spacial score (nSPS) is 13.8. The van der Waals surface area contributed by atoms with Gasteiger partial charge in [0.2, 0.25) is 0 Å². The highest BCUT2D eigenvalue weighted by molar-refractivity contribution is 7.15. The summed E-state index contributed by atoms with van der Waals surface area (Å²) in [7, 11) is 0. The van der Waals surface area contributed by atoms with Gasteiger partial charge in [0, 0.05) is 16.6 Å². The van der Waals surface area contributed by atoms with Crippen LogP contribution in [-0.2, 0) is 5.60 Å². The molecule has 114 valence electrons. The molecule has 0 saturated heterocycles. The number of nitrogens with zero attached hydrogens (tertiary/aromatic N) is 1. The number of anilines is 1. The van der Waals surface area contributed by atoms with Gasteiger partial charge in [0.25, 0.3) is 0 Å². The number of hydrogen-bond donors (Lipinski definition) is 3. The standard InChI is InChI=1S/C14H19N3O3S/c1-8-5-11(10(3)20-8)14(4,19)7-16-12(18)17-13-15-6-9(2)21-13/h5-6,19H,7H2,1-4H3,(H2,15,16,17,18). The van der Waals surface area contributed by atoms with Crippen molar-refractivity contribution in [3.63, 3.8) is 0 Å². The van der Waals surface area contributed by atoms with Crippen LogP contribution in [-0.4, -0.2) is 22.7 Å². The molecule has 3 N–H and O–H groups in total. The minimum Gasteiger partial charge on any atom is -0.466 e. The summed E-state index contributed by atoms with van der Waals surface area (Å²) in [5.41, 5.74) is -0.525. The van der Waals surface area contributed by atoms with E-state index in [1.165, 1.54) is 11.3 Å². The first kappa shape index (κ1) is 15.5. The molecule has 0 spiro atoms. The van der Waals surface area contributed by atoms with Gasteiger partial charge >= 0.3 is 6.03 Å². The summed E-state index contributed by atoms with van der Waals surface area (Å²) < 4.78 is 5.41. The van der Waals surface area contributed by atoms with E-state index in [0.29, 0.717) is 16.5 Å². The average molecular weight is 309 g/mol. The Morgan fingerprint density at radius 2 is 2.19 bits per heavy atom. The summed E-state index contributed by atoms with van der Waals surface area (Å²) >= 11 is 1.39. The molecule has 2 heterocycles. The maximum Gasteiger partial charge on any atom is 0.321 e. The molecule has 0 saturated carbocycles. The Labute approximate surface area is 127 Å². The molecule has 0 aliphatic heterocycles. The van der Waals surface area contributed by atoms with E-state index in [9.17, 15) is 9.90 Å². The zero-order valence-electron chi connectivity index (χ0n) is 12.5. The summed E-state index contributed by atoms with van der Waals surface area (Å²) in [6, 6.07) is 1.38. The second-order valence-corrected chi connectivity index (χ2v) is 6.42. The number of nitrogens with one attached hydrogen (secondary N) is 2. The summed E-state index contributed by atoms with van der Waals surface area (Å²) in [6.45, 7) is 7.23. The summed E-state index contributed by atoms with van der Waals surface area (Å²) in [6.07, 6.45) is 1.69. The Morgan fingerprint density at radius 3 is 2.71 bits per heavy atom. The average Bonchev–Trinajstić information content (AvgIpc) is 2.93. The van der Waals surface area contributed by atoms with E-state index in [1.807, 2.05) is 13.8 Å². The van der Waals surface area contributed by atoms with Crippen molar-refractivity contribution in [2.75, 3.05) is 11.9 Å². The molecule has 2 rings (SSSR count). The molecule has 21 heavy (non-hydrogen) atoms. The van der Waals surface area contributed by atoms with Gasteiger partial charge in [-0.3, -0.25) is 5.32 Å². The number of amides is 2. The molecule has 0 aliphatic rings. The second-order valence-electron chi connectivity index (χ2n) is 5.18. The largest absolute Gasteiger partial charge is 0.466 e. The number of aryl methyl sites for hydroxylation is 3. The van der Waals surface area contributed by atoms with Crippen LogP contribution in [0.25, 0.3) is 0 Å². The molecule has 0 aromatic carbocycles. The topological polar surface area (TPSA) is 87.4 Å². The van der Waals surface area contributed by atoms with Crippen LogP contribution in [0.3, 0.4) is 0 Å². The van der Waals surface area contributed by atoms with Crippen LogP contribution in [0.5, 0.6) is 0 Å². The Morgan fingerprint density at radius 1 is 1.48 bits per heavy atom. The highest BCUT2D eigenvalue weighted by Gasteiger charge is 2.28. The molecule has 2 aromatic heterocycles. The van der Waals surface area contributed by atoms with Crippen molar-refractivity contribution in [2.24, 2.45) is 0 Å². The number of thiazole rings is 1. The number of carbonyl (C=O) groups excluding carboxylic acids is 1. The summed E-state index contributed by atoms with van der Waals surface area (Å²) in [5.74, 6) is 1.38. The first-order chi connectivity index (χ1) is 9.78. The highest BCUT2D eigenvalue weighted by atomic mass is 32.1. The molecule has 1 unspecified atom stereocenters. The van der Waals surface area contributed by atoms with Crippen LogP contribution < -0.4 is 10.6 Å². The van der Waals surface area contributed by atoms with Crippen LogP contribution in [0.1, 0.15) is 28.9 Å². The van der Waals surface area contributed by atoms with Crippen molar-refractivity contribution in [2.45, 2.75) is 33.3 Å². The van der Waals surface area contributed by atoms with E-state index in [2.05, 4.69) is 15.6 Å². The molecule has 6 nitrogen and oxygen atoms in total. The second kappa shape index (κ2) is 5.87. The van der Waals surface area contributed by atoms with Crippen LogP contribution in [0.15, 0.2) is 16.7 Å². The van der Waals surface area contributed by atoms with Gasteiger partial charge in [0.15, 0.2) is 5.13 Å². The van der Waals surface area contributed by atoms with Crippen molar-refractivity contribution < 1.29 is 14.3 Å². The Kier molecular flexibility index (Phi) is 4.34. The van der Waals surface area contributed by atoms with E-state index in [-0.39, 0.29) is 6.54 Å². The molecular weight excluding hydrogens is 290 g/mol. The van der Waals surface area contributed by atoms with Gasteiger partial charge in [0.1, 0.15) is 17.1 Å². The number of hydrogen-bond acceptors (Lipinski definition) is 5. The first-order valence-corrected chi connectivity index (χ1v) is 7.37.